The monoisotopic (exact) mass is 230 g/mol. The molecule has 0 fully saturated rings. The summed E-state index contributed by atoms with van der Waals surface area (Å²) < 4.78 is 25.7. The van der Waals surface area contributed by atoms with E-state index >= 15 is 0 Å². The molecule has 0 aromatic heterocycles. The quantitative estimate of drug-likeness (QED) is 0.676. The molecule has 0 heterocycles. The van der Waals surface area contributed by atoms with Crippen molar-refractivity contribution in [2.45, 2.75) is 12.6 Å². The number of hydrogen-bond donors (Lipinski definition) is 3. The van der Waals surface area contributed by atoms with E-state index in [-0.39, 0.29) is 18.7 Å². The maximum atomic E-state index is 13.1. The van der Waals surface area contributed by atoms with Crippen LogP contribution in [0, 0.1) is 11.6 Å². The highest BCUT2D eigenvalue weighted by Crippen LogP contribution is 2.08. The van der Waals surface area contributed by atoms with Gasteiger partial charge in [-0.05, 0) is 6.07 Å². The van der Waals surface area contributed by atoms with E-state index in [0.717, 1.165) is 12.1 Å². The van der Waals surface area contributed by atoms with E-state index in [4.69, 9.17) is 10.8 Å². The molecular weight excluding hydrogens is 218 g/mol. The minimum absolute atomic E-state index is 0.123. The first-order valence-electron chi connectivity index (χ1n) is 4.64. The van der Waals surface area contributed by atoms with Gasteiger partial charge in [0.25, 0.3) is 0 Å². The second kappa shape index (κ2) is 5.53. The lowest BCUT2D eigenvalue weighted by molar-refractivity contribution is -0.128. The first-order chi connectivity index (χ1) is 7.54. The van der Waals surface area contributed by atoms with E-state index in [9.17, 15) is 13.6 Å². The van der Waals surface area contributed by atoms with Gasteiger partial charge in [-0.1, -0.05) is 6.07 Å². The van der Waals surface area contributed by atoms with E-state index in [1.165, 1.54) is 6.07 Å². The maximum absolute atomic E-state index is 13.1. The highest BCUT2D eigenvalue weighted by molar-refractivity contribution is 5.80. The minimum atomic E-state index is -1.32. The molecule has 0 radical (unpaired) electrons. The van der Waals surface area contributed by atoms with Crippen molar-refractivity contribution < 1.29 is 18.7 Å². The van der Waals surface area contributed by atoms with Crippen molar-refractivity contribution in [3.8, 4) is 0 Å². The van der Waals surface area contributed by atoms with Gasteiger partial charge in [-0.25, -0.2) is 8.78 Å². The summed E-state index contributed by atoms with van der Waals surface area (Å²) >= 11 is 0. The Morgan fingerprint density at radius 2 is 2.19 bits per heavy atom. The van der Waals surface area contributed by atoms with Gasteiger partial charge in [0.1, 0.15) is 17.7 Å². The zero-order valence-electron chi connectivity index (χ0n) is 8.41. The lowest BCUT2D eigenvalue weighted by Gasteiger charge is -2.09. The van der Waals surface area contributed by atoms with Gasteiger partial charge in [-0.15, -0.1) is 0 Å². The molecule has 0 aliphatic heterocycles. The average Bonchev–Trinajstić information content (AvgIpc) is 2.26. The number of aliphatic hydroxyl groups excluding tert-OH is 1. The Hall–Kier alpha value is -1.53. The van der Waals surface area contributed by atoms with E-state index in [0.29, 0.717) is 0 Å². The van der Waals surface area contributed by atoms with Gasteiger partial charge >= 0.3 is 0 Å². The third kappa shape index (κ3) is 3.25. The normalized spacial score (nSPS) is 12.2. The van der Waals surface area contributed by atoms with E-state index < -0.39 is 23.6 Å². The summed E-state index contributed by atoms with van der Waals surface area (Å²) in [4.78, 5) is 11.1. The van der Waals surface area contributed by atoms with Crippen molar-refractivity contribution in [3.63, 3.8) is 0 Å². The van der Waals surface area contributed by atoms with E-state index in [1.807, 2.05) is 0 Å². The molecule has 0 aliphatic rings. The molecule has 1 aromatic carbocycles. The SMILES string of the molecule is NCC(O)C(=O)NCc1ccc(F)cc1F. The average molecular weight is 230 g/mol. The fourth-order valence-corrected chi connectivity index (χ4v) is 1.07. The standard InChI is InChI=1S/C10H12F2N2O2/c11-7-2-1-6(8(12)3-7)5-14-10(16)9(15)4-13/h1-3,9,15H,4-5,13H2,(H,14,16). The molecule has 0 spiro atoms. The fourth-order valence-electron chi connectivity index (χ4n) is 1.07. The summed E-state index contributed by atoms with van der Waals surface area (Å²) in [5, 5.41) is 11.3. The smallest absolute Gasteiger partial charge is 0.250 e. The topological polar surface area (TPSA) is 75.3 Å². The van der Waals surface area contributed by atoms with Crippen LogP contribution in [-0.2, 0) is 11.3 Å². The largest absolute Gasteiger partial charge is 0.382 e. The highest BCUT2D eigenvalue weighted by Gasteiger charge is 2.12. The molecule has 0 bridgehead atoms. The lowest BCUT2D eigenvalue weighted by atomic mass is 10.2. The van der Waals surface area contributed by atoms with Crippen molar-refractivity contribution in [2.75, 3.05) is 6.54 Å². The van der Waals surface area contributed by atoms with Crippen LogP contribution in [0.2, 0.25) is 0 Å². The summed E-state index contributed by atoms with van der Waals surface area (Å²) in [5.74, 6) is -2.12. The Morgan fingerprint density at radius 3 is 2.75 bits per heavy atom. The highest BCUT2D eigenvalue weighted by atomic mass is 19.1. The van der Waals surface area contributed by atoms with Crippen molar-refractivity contribution in [1.82, 2.24) is 5.32 Å². The molecule has 0 saturated carbocycles. The van der Waals surface area contributed by atoms with Gasteiger partial charge in [0.05, 0.1) is 0 Å². The van der Waals surface area contributed by atoms with Crippen LogP contribution in [0.15, 0.2) is 18.2 Å². The molecule has 1 unspecified atom stereocenters. The predicted molar refractivity (Wildman–Crippen MR) is 53.3 cm³/mol. The van der Waals surface area contributed by atoms with Gasteiger partial charge in [-0.3, -0.25) is 4.79 Å². The molecule has 16 heavy (non-hydrogen) atoms. The number of benzene rings is 1. The van der Waals surface area contributed by atoms with Gasteiger partial charge in [0, 0.05) is 24.7 Å². The Kier molecular flexibility index (Phi) is 4.33. The molecule has 4 N–H and O–H groups in total. The summed E-state index contributed by atoms with van der Waals surface area (Å²) in [5.41, 5.74) is 5.20. The van der Waals surface area contributed by atoms with Gasteiger partial charge < -0.3 is 16.2 Å². The second-order valence-corrected chi connectivity index (χ2v) is 3.21. The first kappa shape index (κ1) is 12.5. The molecule has 1 amide bonds. The van der Waals surface area contributed by atoms with Crippen LogP contribution in [0.3, 0.4) is 0 Å². The van der Waals surface area contributed by atoms with Crippen LogP contribution in [0.25, 0.3) is 0 Å². The maximum Gasteiger partial charge on any atom is 0.250 e. The molecule has 4 nitrogen and oxygen atoms in total. The molecule has 0 saturated heterocycles. The van der Waals surface area contributed by atoms with Crippen LogP contribution in [-0.4, -0.2) is 23.7 Å². The van der Waals surface area contributed by atoms with Crippen molar-refractivity contribution >= 4 is 5.91 Å². The number of halogens is 2. The van der Waals surface area contributed by atoms with Crippen LogP contribution < -0.4 is 11.1 Å². The number of hydrogen-bond acceptors (Lipinski definition) is 3. The number of nitrogens with two attached hydrogens (primary N) is 1. The number of rotatable bonds is 4. The predicted octanol–water partition coefficient (Wildman–Crippen LogP) is -0.0994. The number of carbonyl (C=O) groups excluding carboxylic acids is 1. The molecular formula is C10H12F2N2O2. The lowest BCUT2D eigenvalue weighted by Crippen LogP contribution is -2.38. The third-order valence-corrected chi connectivity index (χ3v) is 1.99. The summed E-state index contributed by atoms with van der Waals surface area (Å²) in [6, 6.07) is 3.03. The van der Waals surface area contributed by atoms with Gasteiger partial charge in [0.15, 0.2) is 0 Å². The Labute approximate surface area is 91.1 Å². The van der Waals surface area contributed by atoms with Crippen molar-refractivity contribution in [3.05, 3.63) is 35.4 Å². The Bertz CT molecular complexity index is 385. The van der Waals surface area contributed by atoms with Gasteiger partial charge in [-0.2, -0.15) is 0 Å². The molecule has 0 aliphatic carbocycles. The number of carbonyl (C=O) groups is 1. The summed E-state index contributed by atoms with van der Waals surface area (Å²) in [6.07, 6.45) is -1.32. The second-order valence-electron chi connectivity index (χ2n) is 3.21. The molecule has 1 rings (SSSR count). The zero-order chi connectivity index (χ0) is 12.1. The van der Waals surface area contributed by atoms with E-state index in [1.54, 1.807) is 0 Å². The molecule has 6 heteroatoms. The first-order valence-corrected chi connectivity index (χ1v) is 4.64. The van der Waals surface area contributed by atoms with Crippen LogP contribution >= 0.6 is 0 Å². The van der Waals surface area contributed by atoms with Gasteiger partial charge in [0.2, 0.25) is 5.91 Å². The van der Waals surface area contributed by atoms with Crippen LogP contribution in [0.4, 0.5) is 8.78 Å². The van der Waals surface area contributed by atoms with Crippen molar-refractivity contribution in [2.24, 2.45) is 5.73 Å². The Balaban J connectivity index is 2.58. The third-order valence-electron chi connectivity index (χ3n) is 1.99. The zero-order valence-corrected chi connectivity index (χ0v) is 8.41. The van der Waals surface area contributed by atoms with E-state index in [2.05, 4.69) is 5.32 Å². The number of amides is 1. The Morgan fingerprint density at radius 1 is 1.50 bits per heavy atom. The summed E-state index contributed by atoms with van der Waals surface area (Å²) in [7, 11) is 0. The number of aliphatic hydroxyl groups is 1. The van der Waals surface area contributed by atoms with Crippen molar-refractivity contribution in [1.29, 1.82) is 0 Å². The van der Waals surface area contributed by atoms with Crippen LogP contribution in [0.5, 0.6) is 0 Å². The van der Waals surface area contributed by atoms with Crippen LogP contribution in [0.1, 0.15) is 5.56 Å². The fraction of sp³-hybridized carbons (Fsp3) is 0.300. The number of nitrogens with one attached hydrogen (secondary N) is 1. The molecule has 1 atom stereocenters. The molecule has 88 valence electrons. The minimum Gasteiger partial charge on any atom is -0.382 e. The summed E-state index contributed by atoms with van der Waals surface area (Å²) in [6.45, 7) is -0.334. The molecule has 1 aromatic rings.